The smallest absolute Gasteiger partial charge is 0.293 e. The van der Waals surface area contributed by atoms with Gasteiger partial charge in [-0.25, -0.2) is 4.99 Å². The second-order valence-corrected chi connectivity index (χ2v) is 7.06. The molecule has 23 heavy (non-hydrogen) atoms. The van der Waals surface area contributed by atoms with Crippen LogP contribution in [0.25, 0.3) is 0 Å². The molecule has 2 heterocycles. The lowest BCUT2D eigenvalue weighted by molar-refractivity contribution is -0.193. The molecule has 1 spiro atoms. The molecule has 3 aliphatic rings. The second-order valence-electron chi connectivity index (χ2n) is 6.14. The Morgan fingerprint density at radius 1 is 1.30 bits per heavy atom. The molecule has 1 aromatic carbocycles. The molecule has 1 saturated carbocycles. The summed E-state index contributed by atoms with van der Waals surface area (Å²) in [5.41, 5.74) is 4.48. The summed E-state index contributed by atoms with van der Waals surface area (Å²) in [6.45, 7) is 2.16. The van der Waals surface area contributed by atoms with Gasteiger partial charge >= 0.3 is 0 Å². The van der Waals surface area contributed by atoms with Gasteiger partial charge < -0.3 is 15.2 Å². The number of ether oxygens (including phenoxy) is 2. The van der Waals surface area contributed by atoms with E-state index in [-0.39, 0.29) is 11.9 Å². The van der Waals surface area contributed by atoms with E-state index in [1.807, 2.05) is 31.2 Å². The van der Waals surface area contributed by atoms with E-state index in [4.69, 9.17) is 15.2 Å². The summed E-state index contributed by atoms with van der Waals surface area (Å²) in [5, 5.41) is 19.8. The maximum atomic E-state index is 9.98. The van der Waals surface area contributed by atoms with E-state index in [0.29, 0.717) is 6.61 Å². The number of aliphatic imine (C=N–C) groups is 1. The third kappa shape index (κ3) is 1.41. The molecule has 2 N–H and O–H groups in total. The molecule has 6 nitrogen and oxygen atoms in total. The fourth-order valence-corrected chi connectivity index (χ4v) is 4.28. The lowest BCUT2D eigenvalue weighted by Gasteiger charge is -2.26. The second kappa shape index (κ2) is 4.33. The molecule has 0 unspecified atom stereocenters. The average molecular weight is 373 g/mol. The molecule has 4 rings (SSSR count). The number of halogens is 1. The minimum atomic E-state index is -1.49. The van der Waals surface area contributed by atoms with Crippen LogP contribution in [0.3, 0.4) is 0 Å². The Morgan fingerprint density at radius 2 is 2.00 bits per heavy atom. The molecule has 2 aliphatic heterocycles. The van der Waals surface area contributed by atoms with Crippen LogP contribution >= 0.6 is 15.9 Å². The van der Waals surface area contributed by atoms with Crippen LogP contribution in [0.1, 0.15) is 18.4 Å². The molecule has 0 amide bonds. The van der Waals surface area contributed by atoms with Gasteiger partial charge in [0.2, 0.25) is 0 Å². The van der Waals surface area contributed by atoms with E-state index < -0.39 is 22.7 Å². The Kier molecular flexibility index (Phi) is 2.76. The zero-order chi connectivity index (χ0) is 16.5. The molecular weight excluding hydrogens is 360 g/mol. The highest BCUT2D eigenvalue weighted by molar-refractivity contribution is 9.10. The predicted molar refractivity (Wildman–Crippen MR) is 83.8 cm³/mol. The Morgan fingerprint density at radius 3 is 2.52 bits per heavy atom. The first-order valence-corrected chi connectivity index (χ1v) is 8.02. The van der Waals surface area contributed by atoms with Crippen molar-refractivity contribution in [3.63, 3.8) is 0 Å². The van der Waals surface area contributed by atoms with Crippen molar-refractivity contribution in [2.24, 2.45) is 21.6 Å². The third-order valence-electron chi connectivity index (χ3n) is 5.01. The van der Waals surface area contributed by atoms with Gasteiger partial charge in [-0.05, 0) is 24.6 Å². The third-order valence-corrected chi connectivity index (χ3v) is 5.53. The summed E-state index contributed by atoms with van der Waals surface area (Å²) in [4.78, 5) is 4.28. The van der Waals surface area contributed by atoms with E-state index in [1.165, 1.54) is 0 Å². The van der Waals surface area contributed by atoms with Crippen LogP contribution in [0.5, 0.6) is 0 Å². The minimum Gasteiger partial charge on any atom is -0.386 e. The highest BCUT2D eigenvalue weighted by Crippen LogP contribution is 2.82. The summed E-state index contributed by atoms with van der Waals surface area (Å²) in [6.07, 6.45) is -0.211. The number of rotatable bonds is 1. The van der Waals surface area contributed by atoms with Crippen LogP contribution in [-0.2, 0) is 9.47 Å². The van der Waals surface area contributed by atoms with Gasteiger partial charge in [0.1, 0.15) is 11.3 Å². The van der Waals surface area contributed by atoms with Crippen LogP contribution in [-0.4, -0.2) is 24.5 Å². The average Bonchev–Trinajstić information content (AvgIpc) is 2.92. The molecule has 1 aliphatic carbocycles. The van der Waals surface area contributed by atoms with Crippen LogP contribution in [0.4, 0.5) is 0 Å². The topological polar surface area (TPSA) is 104 Å². The first-order chi connectivity index (χ1) is 11.0. The molecule has 7 heteroatoms. The predicted octanol–water partition coefficient (Wildman–Crippen LogP) is 2.03. The Hall–Kier alpha value is -1.93. The fraction of sp³-hybridized carbons (Fsp3) is 0.438. The minimum absolute atomic E-state index is 0.114. The molecule has 116 valence electrons. The number of hydrogen-bond acceptors (Lipinski definition) is 6. The largest absolute Gasteiger partial charge is 0.386 e. The highest BCUT2D eigenvalue weighted by Gasteiger charge is 2.94. The molecule has 5 atom stereocenters. The van der Waals surface area contributed by atoms with Gasteiger partial charge in [0.05, 0.1) is 24.8 Å². The van der Waals surface area contributed by atoms with Crippen LogP contribution in [0.2, 0.25) is 0 Å². The Balaban J connectivity index is 1.91. The van der Waals surface area contributed by atoms with Gasteiger partial charge in [-0.2, -0.15) is 10.5 Å². The van der Waals surface area contributed by atoms with Crippen molar-refractivity contribution in [1.82, 2.24) is 0 Å². The van der Waals surface area contributed by atoms with E-state index in [2.05, 4.69) is 33.1 Å². The number of nitrogens with zero attached hydrogens (tertiary/aromatic N) is 3. The van der Waals surface area contributed by atoms with Crippen molar-refractivity contribution in [2.45, 2.75) is 24.9 Å². The fourth-order valence-electron chi connectivity index (χ4n) is 4.02. The van der Waals surface area contributed by atoms with Gasteiger partial charge in [0, 0.05) is 10.4 Å². The Bertz CT molecular complexity index is 811. The zero-order valence-electron chi connectivity index (χ0n) is 12.3. The van der Waals surface area contributed by atoms with Crippen molar-refractivity contribution in [3.05, 3.63) is 34.3 Å². The highest BCUT2D eigenvalue weighted by atomic mass is 79.9. The van der Waals surface area contributed by atoms with Gasteiger partial charge in [0.15, 0.2) is 5.41 Å². The maximum absolute atomic E-state index is 9.98. The number of hydrogen-bond donors (Lipinski definition) is 1. The number of benzene rings is 1. The van der Waals surface area contributed by atoms with Crippen LogP contribution in [0.15, 0.2) is 33.7 Å². The summed E-state index contributed by atoms with van der Waals surface area (Å²) in [6, 6.07) is 12.0. The lowest BCUT2D eigenvalue weighted by Crippen LogP contribution is -2.39. The van der Waals surface area contributed by atoms with E-state index in [9.17, 15) is 10.5 Å². The van der Waals surface area contributed by atoms with Gasteiger partial charge in [0.25, 0.3) is 5.91 Å². The quantitative estimate of drug-likeness (QED) is 0.811. The van der Waals surface area contributed by atoms with Crippen molar-refractivity contribution in [2.75, 3.05) is 6.61 Å². The summed E-state index contributed by atoms with van der Waals surface area (Å²) >= 11 is 3.39. The number of amidine groups is 1. The molecule has 0 aromatic heterocycles. The standard InChI is InChI=1S/C16H13BrN4O2/c1-9-6-22-16(23-9)15(8-19)12(10-2-4-11(17)5-3-10)14(15,7-18)13(20)21-16/h2-5,9,12H,6H2,1H3,(H2,20,21)/t9-,12-,14-,15-,16+/m1/s1. The van der Waals surface area contributed by atoms with Crippen LogP contribution < -0.4 is 5.73 Å². The summed E-state index contributed by atoms with van der Waals surface area (Å²) in [5.74, 6) is -1.80. The molecule has 2 fully saturated rings. The van der Waals surface area contributed by atoms with Crippen molar-refractivity contribution < 1.29 is 9.47 Å². The van der Waals surface area contributed by atoms with Gasteiger partial charge in [-0.1, -0.05) is 28.1 Å². The molecule has 0 bridgehead atoms. The van der Waals surface area contributed by atoms with Gasteiger partial charge in [-0.3, -0.25) is 0 Å². The van der Waals surface area contributed by atoms with Crippen molar-refractivity contribution >= 4 is 21.8 Å². The number of nitrogens with two attached hydrogens (primary N) is 1. The number of nitriles is 2. The lowest BCUT2D eigenvalue weighted by atomic mass is 9.94. The van der Waals surface area contributed by atoms with Crippen LogP contribution in [0, 0.1) is 33.5 Å². The molecule has 1 saturated heterocycles. The summed E-state index contributed by atoms with van der Waals surface area (Å²) in [7, 11) is 0. The van der Waals surface area contributed by atoms with Gasteiger partial charge in [-0.15, -0.1) is 0 Å². The number of fused-ring (bicyclic) bond motifs is 2. The molecular formula is C16H13BrN4O2. The molecule has 0 radical (unpaired) electrons. The van der Waals surface area contributed by atoms with E-state index in [0.717, 1.165) is 10.0 Å². The zero-order valence-corrected chi connectivity index (χ0v) is 13.9. The summed E-state index contributed by atoms with van der Waals surface area (Å²) < 4.78 is 12.5. The SMILES string of the molecule is C[C@@H]1CO[C@]2(N=C(N)[C@@]3(C#N)[C@@H](c4ccc(Br)cc4)[C@@]23C#N)O1. The first-order valence-electron chi connectivity index (χ1n) is 7.23. The normalized spacial score (nSPS) is 43.6. The monoisotopic (exact) mass is 372 g/mol. The maximum Gasteiger partial charge on any atom is 0.293 e. The first kappa shape index (κ1) is 14.6. The van der Waals surface area contributed by atoms with Crippen molar-refractivity contribution in [3.8, 4) is 12.1 Å². The van der Waals surface area contributed by atoms with E-state index in [1.54, 1.807) is 0 Å². The van der Waals surface area contributed by atoms with Crippen molar-refractivity contribution in [1.29, 1.82) is 10.5 Å². The Labute approximate surface area is 141 Å². The molecule has 1 aromatic rings. The van der Waals surface area contributed by atoms with E-state index >= 15 is 0 Å².